The van der Waals surface area contributed by atoms with E-state index in [-0.39, 0.29) is 11.9 Å². The molecule has 2 nitrogen and oxygen atoms in total. The van der Waals surface area contributed by atoms with E-state index in [2.05, 4.69) is 33.4 Å². The molecule has 0 radical (unpaired) electrons. The molecule has 0 saturated heterocycles. The molecule has 0 heterocycles. The van der Waals surface area contributed by atoms with Gasteiger partial charge in [0.05, 0.1) is 0 Å². The molecule has 0 aliphatic carbocycles. The molecule has 0 aliphatic heterocycles. The molecule has 3 heteroatoms. The van der Waals surface area contributed by atoms with Crippen LogP contribution in [0.5, 0.6) is 0 Å². The van der Waals surface area contributed by atoms with Crippen molar-refractivity contribution in [2.24, 2.45) is 0 Å². The number of aryl methyl sites for hydroxylation is 1. The van der Waals surface area contributed by atoms with E-state index in [1.54, 1.807) is 0 Å². The highest BCUT2D eigenvalue weighted by molar-refractivity contribution is 9.10. The summed E-state index contributed by atoms with van der Waals surface area (Å²) in [6, 6.07) is 17.9. The van der Waals surface area contributed by atoms with Crippen LogP contribution in [0.2, 0.25) is 0 Å². The molecule has 0 fully saturated rings. The van der Waals surface area contributed by atoms with Crippen molar-refractivity contribution in [3.05, 3.63) is 70.2 Å². The van der Waals surface area contributed by atoms with Gasteiger partial charge in [-0.3, -0.25) is 4.79 Å². The maximum absolute atomic E-state index is 12.1. The number of carbonyl (C=O) groups excluding carboxylic acids is 1. The summed E-state index contributed by atoms with van der Waals surface area (Å²) in [5.74, 6) is -0.0214. The molecule has 2 rings (SSSR count). The van der Waals surface area contributed by atoms with Crippen LogP contribution in [0.1, 0.15) is 29.3 Å². The molecule has 1 N–H and O–H groups in total. The van der Waals surface area contributed by atoms with Gasteiger partial charge in [-0.2, -0.15) is 0 Å². The summed E-state index contributed by atoms with van der Waals surface area (Å²) in [4.78, 5) is 12.1. The fraction of sp³-hybridized carbons (Fsp3) is 0.235. The zero-order valence-corrected chi connectivity index (χ0v) is 13.1. The van der Waals surface area contributed by atoms with Crippen LogP contribution in [0.25, 0.3) is 0 Å². The summed E-state index contributed by atoms with van der Waals surface area (Å²) >= 11 is 3.38. The topological polar surface area (TPSA) is 29.1 Å². The van der Waals surface area contributed by atoms with Crippen molar-refractivity contribution in [2.75, 3.05) is 0 Å². The van der Waals surface area contributed by atoms with E-state index in [9.17, 15) is 4.79 Å². The molecule has 2 aromatic rings. The van der Waals surface area contributed by atoms with Crippen LogP contribution in [0.15, 0.2) is 59.1 Å². The molecule has 20 heavy (non-hydrogen) atoms. The lowest BCUT2D eigenvalue weighted by Gasteiger charge is -2.14. The number of hydrogen-bond donors (Lipinski definition) is 1. The second-order valence-electron chi connectivity index (χ2n) is 4.91. The van der Waals surface area contributed by atoms with Crippen LogP contribution in [0.4, 0.5) is 0 Å². The van der Waals surface area contributed by atoms with Gasteiger partial charge in [-0.15, -0.1) is 0 Å². The number of halogens is 1. The zero-order chi connectivity index (χ0) is 14.4. The Morgan fingerprint density at radius 2 is 1.90 bits per heavy atom. The van der Waals surface area contributed by atoms with E-state index in [0.717, 1.165) is 17.3 Å². The van der Waals surface area contributed by atoms with E-state index in [0.29, 0.717) is 5.56 Å². The van der Waals surface area contributed by atoms with E-state index in [1.807, 2.05) is 49.4 Å². The van der Waals surface area contributed by atoms with Gasteiger partial charge < -0.3 is 5.32 Å². The Balaban J connectivity index is 1.85. The molecule has 0 aromatic heterocycles. The van der Waals surface area contributed by atoms with Crippen molar-refractivity contribution in [1.29, 1.82) is 0 Å². The molecule has 0 aliphatic rings. The second-order valence-corrected chi connectivity index (χ2v) is 5.82. The molecule has 1 atom stereocenters. The van der Waals surface area contributed by atoms with Crippen molar-refractivity contribution < 1.29 is 4.79 Å². The average Bonchev–Trinajstić information content (AvgIpc) is 2.46. The molecule has 0 spiro atoms. The Labute approximate surface area is 128 Å². The second kappa shape index (κ2) is 7.25. The number of carbonyl (C=O) groups is 1. The van der Waals surface area contributed by atoms with Gasteiger partial charge in [-0.05, 0) is 43.5 Å². The summed E-state index contributed by atoms with van der Waals surface area (Å²) in [7, 11) is 0. The van der Waals surface area contributed by atoms with E-state index in [4.69, 9.17) is 0 Å². The Kier molecular flexibility index (Phi) is 5.36. The summed E-state index contributed by atoms with van der Waals surface area (Å²) < 4.78 is 0.919. The SMILES string of the molecule is C[C@@H](CCc1ccccc1)NC(=O)c1cccc(Br)c1. The first-order valence-corrected chi connectivity index (χ1v) is 7.55. The molecule has 0 bridgehead atoms. The molecular formula is C17H18BrNO. The first-order valence-electron chi connectivity index (χ1n) is 6.75. The van der Waals surface area contributed by atoms with Crippen molar-refractivity contribution in [2.45, 2.75) is 25.8 Å². The fourth-order valence-corrected chi connectivity index (χ4v) is 2.44. The first-order chi connectivity index (χ1) is 9.65. The lowest BCUT2D eigenvalue weighted by atomic mass is 10.1. The van der Waals surface area contributed by atoms with Crippen molar-refractivity contribution in [3.8, 4) is 0 Å². The van der Waals surface area contributed by atoms with Gasteiger partial charge in [0.25, 0.3) is 5.91 Å². The lowest BCUT2D eigenvalue weighted by Crippen LogP contribution is -2.32. The average molecular weight is 332 g/mol. The molecule has 0 unspecified atom stereocenters. The number of hydrogen-bond acceptors (Lipinski definition) is 1. The quantitative estimate of drug-likeness (QED) is 0.873. The third kappa shape index (κ3) is 4.49. The minimum Gasteiger partial charge on any atom is -0.350 e. The molecule has 1 amide bonds. The predicted octanol–water partition coefficient (Wildman–Crippen LogP) is 4.20. The van der Waals surface area contributed by atoms with Crippen molar-refractivity contribution >= 4 is 21.8 Å². The molecular weight excluding hydrogens is 314 g/mol. The predicted molar refractivity (Wildman–Crippen MR) is 85.8 cm³/mol. The van der Waals surface area contributed by atoms with Crippen LogP contribution in [-0.4, -0.2) is 11.9 Å². The van der Waals surface area contributed by atoms with Gasteiger partial charge in [0, 0.05) is 16.1 Å². The summed E-state index contributed by atoms with van der Waals surface area (Å²) in [6.07, 6.45) is 1.91. The summed E-state index contributed by atoms with van der Waals surface area (Å²) in [5, 5.41) is 3.03. The van der Waals surface area contributed by atoms with Gasteiger partial charge in [-0.25, -0.2) is 0 Å². The van der Waals surface area contributed by atoms with Crippen LogP contribution in [0.3, 0.4) is 0 Å². The highest BCUT2D eigenvalue weighted by atomic mass is 79.9. The van der Waals surface area contributed by atoms with Crippen molar-refractivity contribution in [1.82, 2.24) is 5.32 Å². The number of benzene rings is 2. The Hall–Kier alpha value is -1.61. The van der Waals surface area contributed by atoms with Gasteiger partial charge in [-0.1, -0.05) is 52.3 Å². The summed E-state index contributed by atoms with van der Waals surface area (Å²) in [6.45, 7) is 2.04. The smallest absolute Gasteiger partial charge is 0.251 e. The minimum absolute atomic E-state index is 0.0214. The Bertz CT molecular complexity index is 568. The Morgan fingerprint density at radius 3 is 2.60 bits per heavy atom. The van der Waals surface area contributed by atoms with Crippen LogP contribution in [-0.2, 0) is 6.42 Å². The summed E-state index contributed by atoms with van der Waals surface area (Å²) in [5.41, 5.74) is 1.99. The molecule has 0 saturated carbocycles. The normalized spacial score (nSPS) is 11.9. The minimum atomic E-state index is -0.0214. The van der Waals surface area contributed by atoms with Crippen LogP contribution in [0, 0.1) is 0 Å². The van der Waals surface area contributed by atoms with Gasteiger partial charge in [0.2, 0.25) is 0 Å². The van der Waals surface area contributed by atoms with Crippen molar-refractivity contribution in [3.63, 3.8) is 0 Å². The van der Waals surface area contributed by atoms with E-state index < -0.39 is 0 Å². The van der Waals surface area contributed by atoms with E-state index >= 15 is 0 Å². The molecule has 2 aromatic carbocycles. The largest absolute Gasteiger partial charge is 0.350 e. The highest BCUT2D eigenvalue weighted by Crippen LogP contribution is 2.12. The number of amides is 1. The van der Waals surface area contributed by atoms with E-state index in [1.165, 1.54) is 5.56 Å². The van der Waals surface area contributed by atoms with Crippen LogP contribution < -0.4 is 5.32 Å². The maximum atomic E-state index is 12.1. The monoisotopic (exact) mass is 331 g/mol. The van der Waals surface area contributed by atoms with Gasteiger partial charge in [0.1, 0.15) is 0 Å². The first kappa shape index (κ1) is 14.8. The molecule has 104 valence electrons. The third-order valence-electron chi connectivity index (χ3n) is 3.17. The maximum Gasteiger partial charge on any atom is 0.251 e. The number of rotatable bonds is 5. The zero-order valence-electron chi connectivity index (χ0n) is 11.5. The number of nitrogens with one attached hydrogen (secondary N) is 1. The van der Waals surface area contributed by atoms with Gasteiger partial charge >= 0.3 is 0 Å². The van der Waals surface area contributed by atoms with Gasteiger partial charge in [0.15, 0.2) is 0 Å². The standard InChI is InChI=1S/C17H18BrNO/c1-13(10-11-14-6-3-2-4-7-14)19-17(20)15-8-5-9-16(18)12-15/h2-9,12-13H,10-11H2,1H3,(H,19,20)/t13-/m0/s1. The third-order valence-corrected chi connectivity index (χ3v) is 3.67. The lowest BCUT2D eigenvalue weighted by molar-refractivity contribution is 0.0938. The fourth-order valence-electron chi connectivity index (χ4n) is 2.04. The van der Waals surface area contributed by atoms with Crippen LogP contribution >= 0.6 is 15.9 Å². The Morgan fingerprint density at radius 1 is 1.15 bits per heavy atom. The highest BCUT2D eigenvalue weighted by Gasteiger charge is 2.09.